The molecule has 1 unspecified atom stereocenters. The maximum Gasteiger partial charge on any atom is 0.317 e. The minimum absolute atomic E-state index is 0.00349. The van der Waals surface area contributed by atoms with E-state index in [1.807, 2.05) is 28.1 Å². The quantitative estimate of drug-likeness (QED) is 0.816. The predicted octanol–water partition coefficient (Wildman–Crippen LogP) is 1.04. The number of nitrogens with one attached hydrogen (secondary N) is 2. The van der Waals surface area contributed by atoms with Crippen LogP contribution in [0.25, 0.3) is 6.08 Å². The molecule has 2 aliphatic heterocycles. The Morgan fingerprint density at radius 1 is 1.38 bits per heavy atom. The number of nitrogens with zero attached hydrogens (tertiary/aromatic N) is 2. The normalized spacial score (nSPS) is 22.9. The van der Waals surface area contributed by atoms with Crippen molar-refractivity contribution in [3.8, 4) is 0 Å². The molecule has 1 aromatic rings. The summed E-state index contributed by atoms with van der Waals surface area (Å²) in [5.41, 5.74) is 0.913. The Morgan fingerprint density at radius 3 is 3.00 bits per heavy atom. The van der Waals surface area contributed by atoms with Crippen molar-refractivity contribution >= 4 is 18.0 Å². The Bertz CT molecular complexity index is 538. The van der Waals surface area contributed by atoms with Gasteiger partial charge in [-0.15, -0.1) is 0 Å². The number of aromatic nitrogens is 1. The summed E-state index contributed by atoms with van der Waals surface area (Å²) in [5.74, 6) is 0.00825. The van der Waals surface area contributed by atoms with E-state index in [4.69, 9.17) is 0 Å². The Labute approximate surface area is 123 Å². The van der Waals surface area contributed by atoms with E-state index in [1.165, 1.54) is 0 Å². The van der Waals surface area contributed by atoms with E-state index >= 15 is 0 Å². The minimum Gasteiger partial charge on any atom is -0.362 e. The van der Waals surface area contributed by atoms with Crippen LogP contribution in [0.4, 0.5) is 4.79 Å². The Hall–Kier alpha value is -2.24. The molecule has 3 amide bonds. The summed E-state index contributed by atoms with van der Waals surface area (Å²) in [6, 6.07) is 3.95. The van der Waals surface area contributed by atoms with Crippen molar-refractivity contribution in [2.75, 3.05) is 26.2 Å². The summed E-state index contributed by atoms with van der Waals surface area (Å²) >= 11 is 0. The third-order valence-corrected chi connectivity index (χ3v) is 4.07. The molecule has 0 saturated carbocycles. The van der Waals surface area contributed by atoms with Crippen LogP contribution in [0, 0.1) is 0 Å². The number of aromatic amines is 1. The molecule has 3 rings (SSSR count). The number of amides is 3. The highest BCUT2D eigenvalue weighted by Gasteiger charge is 2.32. The zero-order valence-electron chi connectivity index (χ0n) is 11.9. The van der Waals surface area contributed by atoms with Crippen LogP contribution in [0.5, 0.6) is 0 Å². The molecule has 0 aromatic carbocycles. The van der Waals surface area contributed by atoms with E-state index in [0.717, 1.165) is 31.6 Å². The highest BCUT2D eigenvalue weighted by atomic mass is 16.2. The van der Waals surface area contributed by atoms with Crippen molar-refractivity contribution in [1.82, 2.24) is 20.1 Å². The smallest absolute Gasteiger partial charge is 0.317 e. The first-order valence-corrected chi connectivity index (χ1v) is 7.39. The molecule has 2 N–H and O–H groups in total. The fourth-order valence-corrected chi connectivity index (χ4v) is 2.96. The number of carbonyl (C=O) groups is 2. The lowest BCUT2D eigenvalue weighted by molar-refractivity contribution is -0.127. The van der Waals surface area contributed by atoms with Crippen molar-refractivity contribution in [2.24, 2.45) is 0 Å². The van der Waals surface area contributed by atoms with Gasteiger partial charge in [-0.3, -0.25) is 4.79 Å². The van der Waals surface area contributed by atoms with Crippen LogP contribution in [0.3, 0.4) is 0 Å². The van der Waals surface area contributed by atoms with Gasteiger partial charge >= 0.3 is 6.03 Å². The van der Waals surface area contributed by atoms with Crippen molar-refractivity contribution in [3.63, 3.8) is 0 Å². The van der Waals surface area contributed by atoms with E-state index in [0.29, 0.717) is 13.1 Å². The van der Waals surface area contributed by atoms with Gasteiger partial charge in [-0.05, 0) is 31.1 Å². The van der Waals surface area contributed by atoms with Gasteiger partial charge < -0.3 is 20.1 Å². The topological polar surface area (TPSA) is 68.4 Å². The van der Waals surface area contributed by atoms with Crippen molar-refractivity contribution in [1.29, 1.82) is 0 Å². The maximum atomic E-state index is 12.2. The second kappa shape index (κ2) is 6.03. The van der Waals surface area contributed by atoms with E-state index < -0.39 is 0 Å². The third-order valence-electron chi connectivity index (χ3n) is 4.07. The number of likely N-dealkylation sites (tertiary alicyclic amines) is 1. The van der Waals surface area contributed by atoms with Gasteiger partial charge in [0, 0.05) is 44.1 Å². The lowest BCUT2D eigenvalue weighted by Gasteiger charge is -2.36. The van der Waals surface area contributed by atoms with Crippen LogP contribution in [0.15, 0.2) is 24.4 Å². The fraction of sp³-hybridized carbons (Fsp3) is 0.467. The second-order valence-corrected chi connectivity index (χ2v) is 5.46. The number of hydrogen-bond donors (Lipinski definition) is 2. The van der Waals surface area contributed by atoms with Gasteiger partial charge in [0.25, 0.3) is 0 Å². The van der Waals surface area contributed by atoms with E-state index in [-0.39, 0.29) is 18.0 Å². The zero-order valence-corrected chi connectivity index (χ0v) is 11.9. The van der Waals surface area contributed by atoms with Crippen LogP contribution in [-0.4, -0.2) is 58.9 Å². The molecule has 0 bridgehead atoms. The summed E-state index contributed by atoms with van der Waals surface area (Å²) in [5, 5.41) is 2.82. The van der Waals surface area contributed by atoms with Gasteiger partial charge in [-0.2, -0.15) is 0 Å². The number of H-pyrrole nitrogens is 1. The van der Waals surface area contributed by atoms with Gasteiger partial charge in [0.1, 0.15) is 0 Å². The van der Waals surface area contributed by atoms with Crippen molar-refractivity contribution < 1.29 is 9.59 Å². The average Bonchev–Trinajstić information content (AvgIpc) is 3.16. The Kier molecular flexibility index (Phi) is 3.94. The number of carbonyl (C=O) groups excluding carboxylic acids is 2. The molecule has 2 fully saturated rings. The Morgan fingerprint density at radius 2 is 2.29 bits per heavy atom. The molecule has 112 valence electrons. The van der Waals surface area contributed by atoms with E-state index in [9.17, 15) is 9.59 Å². The molecule has 0 spiro atoms. The average molecular weight is 288 g/mol. The Balaban J connectivity index is 1.60. The highest BCUT2D eigenvalue weighted by molar-refractivity contribution is 5.91. The summed E-state index contributed by atoms with van der Waals surface area (Å²) in [4.78, 5) is 30.7. The molecule has 2 aliphatic rings. The number of urea groups is 1. The number of hydrogen-bond acceptors (Lipinski definition) is 2. The lowest BCUT2D eigenvalue weighted by atomic mass is 10.0. The summed E-state index contributed by atoms with van der Waals surface area (Å²) in [7, 11) is 0. The molecule has 3 heterocycles. The first-order valence-electron chi connectivity index (χ1n) is 7.39. The molecule has 1 atom stereocenters. The van der Waals surface area contributed by atoms with Gasteiger partial charge in [-0.1, -0.05) is 0 Å². The zero-order chi connectivity index (χ0) is 14.7. The van der Waals surface area contributed by atoms with Crippen LogP contribution in [-0.2, 0) is 4.79 Å². The van der Waals surface area contributed by atoms with Crippen LogP contribution < -0.4 is 5.32 Å². The van der Waals surface area contributed by atoms with Gasteiger partial charge in [0.05, 0.1) is 6.04 Å². The molecule has 1 aromatic heterocycles. The SMILES string of the molecule is O=C(/C=C/c1ccc[nH]1)N1CCCC(N2CCNC2=O)C1. The van der Waals surface area contributed by atoms with Gasteiger partial charge in [-0.25, -0.2) is 4.79 Å². The number of rotatable bonds is 3. The molecular weight excluding hydrogens is 268 g/mol. The maximum absolute atomic E-state index is 12.2. The third kappa shape index (κ3) is 3.09. The van der Waals surface area contributed by atoms with Crippen LogP contribution >= 0.6 is 0 Å². The van der Waals surface area contributed by atoms with Gasteiger partial charge in [0.15, 0.2) is 0 Å². The molecule has 6 heteroatoms. The first kappa shape index (κ1) is 13.7. The summed E-state index contributed by atoms with van der Waals surface area (Å²) in [6.45, 7) is 2.83. The summed E-state index contributed by atoms with van der Waals surface area (Å²) < 4.78 is 0. The van der Waals surface area contributed by atoms with E-state index in [1.54, 1.807) is 12.2 Å². The van der Waals surface area contributed by atoms with Crippen molar-refractivity contribution in [3.05, 3.63) is 30.1 Å². The minimum atomic E-state index is -0.00349. The monoisotopic (exact) mass is 288 g/mol. The largest absolute Gasteiger partial charge is 0.362 e. The van der Waals surface area contributed by atoms with Crippen molar-refractivity contribution in [2.45, 2.75) is 18.9 Å². The molecule has 0 aliphatic carbocycles. The molecule has 6 nitrogen and oxygen atoms in total. The first-order chi connectivity index (χ1) is 10.2. The van der Waals surface area contributed by atoms with E-state index in [2.05, 4.69) is 10.3 Å². The summed E-state index contributed by atoms with van der Waals surface area (Å²) in [6.07, 6.45) is 7.12. The molecule has 2 saturated heterocycles. The molecular formula is C15H20N4O2. The lowest BCUT2D eigenvalue weighted by Crippen LogP contribution is -2.50. The second-order valence-electron chi connectivity index (χ2n) is 5.46. The highest BCUT2D eigenvalue weighted by Crippen LogP contribution is 2.18. The molecule has 21 heavy (non-hydrogen) atoms. The van der Waals surface area contributed by atoms with Gasteiger partial charge in [0.2, 0.25) is 5.91 Å². The number of piperidine rings is 1. The van der Waals surface area contributed by atoms with Crippen LogP contribution in [0.2, 0.25) is 0 Å². The molecule has 0 radical (unpaired) electrons. The predicted molar refractivity (Wildman–Crippen MR) is 79.5 cm³/mol. The fourth-order valence-electron chi connectivity index (χ4n) is 2.96. The van der Waals surface area contributed by atoms with Crippen LogP contribution in [0.1, 0.15) is 18.5 Å². The standard InChI is InChI=1S/C15H20N4O2/c20-14(6-5-12-3-1-7-16-12)18-9-2-4-13(11-18)19-10-8-17-15(19)21/h1,3,5-7,13,16H,2,4,8-11H2,(H,17,21)/b6-5+.